The summed E-state index contributed by atoms with van der Waals surface area (Å²) in [5.74, 6) is 0. The number of aryl methyl sites for hydroxylation is 2. The van der Waals surface area contributed by atoms with Gasteiger partial charge in [-0.05, 0) is 23.6 Å². The van der Waals surface area contributed by atoms with E-state index in [1.54, 1.807) is 0 Å². The third-order valence-corrected chi connectivity index (χ3v) is 6.06. The summed E-state index contributed by atoms with van der Waals surface area (Å²) >= 11 is 0. The molecule has 1 heterocycles. The Morgan fingerprint density at radius 3 is 1.71 bits per heavy atom. The molecular weight excluding hydrogens is 273 g/mol. The van der Waals surface area contributed by atoms with E-state index < -0.39 is 7.92 Å². The van der Waals surface area contributed by atoms with E-state index in [0.29, 0.717) is 0 Å². The summed E-state index contributed by atoms with van der Waals surface area (Å²) in [5, 5.41) is 2.77. The molecule has 0 unspecified atom stereocenters. The van der Waals surface area contributed by atoms with Crippen molar-refractivity contribution >= 4 is 24.0 Å². The minimum Gasteiger partial charge on any atom is -0.201 e. The Bertz CT molecular complexity index is 684. The van der Waals surface area contributed by atoms with Crippen molar-refractivity contribution in [3.63, 3.8) is 0 Å². The zero-order valence-electron chi connectivity index (χ0n) is 12.4. The first-order chi connectivity index (χ1) is 10.3. The number of rotatable bonds is 3. The van der Waals surface area contributed by atoms with E-state index in [4.69, 9.17) is 0 Å². The second-order valence-corrected chi connectivity index (χ2v) is 7.34. The molecule has 0 spiro atoms. The van der Waals surface area contributed by atoms with Crippen LogP contribution in [0.1, 0.15) is 5.56 Å². The van der Waals surface area contributed by atoms with E-state index in [-0.39, 0.29) is 0 Å². The molecule has 21 heavy (non-hydrogen) atoms. The lowest BCUT2D eigenvalue weighted by atomic mass is 10.3. The van der Waals surface area contributed by atoms with Gasteiger partial charge in [-0.15, -0.1) is 0 Å². The molecule has 0 saturated heterocycles. The Morgan fingerprint density at radius 1 is 0.714 bits per heavy atom. The van der Waals surface area contributed by atoms with E-state index in [2.05, 4.69) is 97.5 Å². The smallest absolute Gasteiger partial charge is 0.201 e. The van der Waals surface area contributed by atoms with Gasteiger partial charge in [0.2, 0.25) is 5.44 Å². The molecule has 0 fully saturated rings. The molecule has 0 N–H and O–H groups in total. The summed E-state index contributed by atoms with van der Waals surface area (Å²) < 4.78 is 2.26. The summed E-state index contributed by atoms with van der Waals surface area (Å²) in [6.45, 7) is 2.14. The molecule has 0 bridgehead atoms. The van der Waals surface area contributed by atoms with Gasteiger partial charge in [-0.2, -0.15) is 0 Å². The quantitative estimate of drug-likeness (QED) is 0.516. The van der Waals surface area contributed by atoms with Crippen LogP contribution in [0, 0.1) is 6.92 Å². The number of pyridine rings is 1. The third-order valence-electron chi connectivity index (χ3n) is 3.51. The monoisotopic (exact) mass is 292 g/mol. The largest absolute Gasteiger partial charge is 0.210 e. The van der Waals surface area contributed by atoms with Crippen molar-refractivity contribution < 1.29 is 4.57 Å². The van der Waals surface area contributed by atoms with E-state index >= 15 is 0 Å². The van der Waals surface area contributed by atoms with Crippen LogP contribution in [0.5, 0.6) is 0 Å². The van der Waals surface area contributed by atoms with Crippen LogP contribution in [-0.4, -0.2) is 0 Å². The van der Waals surface area contributed by atoms with Crippen LogP contribution in [0.4, 0.5) is 0 Å². The predicted molar refractivity (Wildman–Crippen MR) is 91.1 cm³/mol. The molecule has 0 radical (unpaired) electrons. The van der Waals surface area contributed by atoms with Crippen molar-refractivity contribution in [2.45, 2.75) is 6.92 Å². The summed E-state index contributed by atoms with van der Waals surface area (Å²) in [7, 11) is 1.63. The molecular formula is C19H19NP+. The van der Waals surface area contributed by atoms with Crippen LogP contribution < -0.4 is 20.6 Å². The van der Waals surface area contributed by atoms with Gasteiger partial charge in [-0.3, -0.25) is 0 Å². The molecule has 104 valence electrons. The van der Waals surface area contributed by atoms with Crippen molar-refractivity contribution in [2.24, 2.45) is 7.05 Å². The Balaban J connectivity index is 2.17. The first kappa shape index (κ1) is 14.0. The molecule has 1 aromatic heterocycles. The number of hydrogen-bond acceptors (Lipinski definition) is 0. The van der Waals surface area contributed by atoms with Gasteiger partial charge in [0, 0.05) is 11.6 Å². The molecule has 3 aromatic rings. The maximum Gasteiger partial charge on any atom is 0.210 e. The summed E-state index contributed by atoms with van der Waals surface area (Å²) in [4.78, 5) is 0. The van der Waals surface area contributed by atoms with Crippen LogP contribution in [0.2, 0.25) is 0 Å². The van der Waals surface area contributed by atoms with E-state index in [9.17, 15) is 0 Å². The van der Waals surface area contributed by atoms with Gasteiger partial charge in [0.25, 0.3) is 0 Å². The van der Waals surface area contributed by atoms with Crippen molar-refractivity contribution in [3.8, 4) is 0 Å². The molecule has 2 aromatic carbocycles. The molecule has 0 aliphatic rings. The minimum absolute atomic E-state index is 0.516. The second kappa shape index (κ2) is 6.20. The van der Waals surface area contributed by atoms with Gasteiger partial charge < -0.3 is 0 Å². The van der Waals surface area contributed by atoms with E-state index in [0.717, 1.165) is 0 Å². The van der Waals surface area contributed by atoms with Gasteiger partial charge in [0.1, 0.15) is 7.05 Å². The van der Waals surface area contributed by atoms with Gasteiger partial charge in [-0.1, -0.05) is 60.7 Å². The maximum absolute atomic E-state index is 2.26. The lowest BCUT2D eigenvalue weighted by Gasteiger charge is -2.16. The normalized spacial score (nSPS) is 10.8. The Labute approximate surface area is 127 Å². The molecule has 0 aliphatic heterocycles. The Kier molecular flexibility index (Phi) is 4.13. The lowest BCUT2D eigenvalue weighted by molar-refractivity contribution is -0.653. The standard InChI is InChI=1S/C19H19NP/c1-16-13-14-19(20(2)15-16)21(17-9-5-3-6-10-17)18-11-7-4-8-12-18/h3-15H,1-2H3/q+1. The first-order valence-corrected chi connectivity index (χ1v) is 8.46. The highest BCUT2D eigenvalue weighted by molar-refractivity contribution is 7.79. The topological polar surface area (TPSA) is 3.88 Å². The highest BCUT2D eigenvalue weighted by Gasteiger charge is 2.23. The van der Waals surface area contributed by atoms with E-state index in [1.165, 1.54) is 21.6 Å². The summed E-state index contributed by atoms with van der Waals surface area (Å²) in [6.07, 6.45) is 2.20. The van der Waals surface area contributed by atoms with Gasteiger partial charge in [-0.25, -0.2) is 4.57 Å². The zero-order chi connectivity index (χ0) is 14.7. The highest BCUT2D eigenvalue weighted by atomic mass is 31.1. The second-order valence-electron chi connectivity index (χ2n) is 5.18. The molecule has 0 amide bonds. The molecule has 2 heteroatoms. The SMILES string of the molecule is Cc1ccc(P(c2ccccc2)c2ccccc2)[n+](C)c1. The highest BCUT2D eigenvalue weighted by Crippen LogP contribution is 2.30. The third kappa shape index (κ3) is 3.04. The van der Waals surface area contributed by atoms with Gasteiger partial charge >= 0.3 is 0 Å². The fourth-order valence-electron chi connectivity index (χ4n) is 2.54. The Hall–Kier alpha value is -1.98. The van der Waals surface area contributed by atoms with Crippen LogP contribution in [0.15, 0.2) is 79.0 Å². The Morgan fingerprint density at radius 2 is 1.24 bits per heavy atom. The van der Waals surface area contributed by atoms with Crippen molar-refractivity contribution in [1.29, 1.82) is 0 Å². The molecule has 1 nitrogen and oxygen atoms in total. The van der Waals surface area contributed by atoms with Crippen LogP contribution in [0.3, 0.4) is 0 Å². The molecule has 0 saturated carbocycles. The molecule has 0 aliphatic carbocycles. The number of benzene rings is 2. The average Bonchev–Trinajstić information content (AvgIpc) is 2.52. The molecule has 3 rings (SSSR count). The van der Waals surface area contributed by atoms with Crippen LogP contribution >= 0.6 is 7.92 Å². The van der Waals surface area contributed by atoms with Crippen LogP contribution in [0.25, 0.3) is 0 Å². The fourth-order valence-corrected chi connectivity index (χ4v) is 4.90. The van der Waals surface area contributed by atoms with E-state index in [1.807, 2.05) is 0 Å². The summed E-state index contributed by atoms with van der Waals surface area (Å²) in [5.41, 5.74) is 2.66. The molecule has 0 atom stereocenters. The summed E-state index contributed by atoms with van der Waals surface area (Å²) in [6, 6.07) is 26.1. The van der Waals surface area contributed by atoms with Crippen LogP contribution in [-0.2, 0) is 7.05 Å². The minimum atomic E-state index is -0.516. The van der Waals surface area contributed by atoms with Crippen molar-refractivity contribution in [1.82, 2.24) is 0 Å². The number of aromatic nitrogens is 1. The zero-order valence-corrected chi connectivity index (χ0v) is 13.3. The van der Waals surface area contributed by atoms with Gasteiger partial charge in [0.05, 0.1) is 7.92 Å². The fraction of sp³-hybridized carbons (Fsp3) is 0.105. The predicted octanol–water partition coefficient (Wildman–Crippen LogP) is 2.58. The first-order valence-electron chi connectivity index (χ1n) is 7.12. The van der Waals surface area contributed by atoms with Crippen molar-refractivity contribution in [3.05, 3.63) is 84.6 Å². The lowest BCUT2D eigenvalue weighted by Crippen LogP contribution is -2.47. The number of hydrogen-bond donors (Lipinski definition) is 0. The number of nitrogens with zero attached hydrogens (tertiary/aromatic N) is 1. The van der Waals surface area contributed by atoms with Crippen molar-refractivity contribution in [2.75, 3.05) is 0 Å². The average molecular weight is 292 g/mol. The maximum atomic E-state index is 2.26. The van der Waals surface area contributed by atoms with Gasteiger partial charge in [0.15, 0.2) is 6.20 Å².